The predicted octanol–water partition coefficient (Wildman–Crippen LogP) is 5.06. The monoisotopic (exact) mass is 588 g/mol. The maximum absolute atomic E-state index is 9.89. The van der Waals surface area contributed by atoms with Crippen molar-refractivity contribution in [2.45, 2.75) is 17.1 Å². The van der Waals surface area contributed by atoms with Crippen molar-refractivity contribution in [1.82, 2.24) is 19.5 Å². The van der Waals surface area contributed by atoms with Gasteiger partial charge in [0.25, 0.3) is 0 Å². The molecule has 0 aliphatic carbocycles. The van der Waals surface area contributed by atoms with Gasteiger partial charge in [-0.1, -0.05) is 52.4 Å². The summed E-state index contributed by atoms with van der Waals surface area (Å²) in [6.07, 6.45) is 1.48. The van der Waals surface area contributed by atoms with Gasteiger partial charge in [-0.25, -0.2) is 9.50 Å². The summed E-state index contributed by atoms with van der Waals surface area (Å²) in [5.41, 5.74) is 4.97. The van der Waals surface area contributed by atoms with Crippen molar-refractivity contribution < 1.29 is 5.11 Å². The normalized spacial score (nSPS) is 16.5. The second kappa shape index (κ2) is 10.1. The summed E-state index contributed by atoms with van der Waals surface area (Å²) in [6.45, 7) is 5.55. The molecule has 2 aromatic heterocycles. The predicted molar refractivity (Wildman–Crippen MR) is 146 cm³/mol. The molecule has 176 valence electrons. The van der Waals surface area contributed by atoms with Crippen LogP contribution in [0, 0.1) is 0 Å². The van der Waals surface area contributed by atoms with Crippen LogP contribution in [0.25, 0.3) is 16.8 Å². The van der Waals surface area contributed by atoms with Gasteiger partial charge in [0.15, 0.2) is 0 Å². The minimum atomic E-state index is -0.336. The number of alkyl halides is 1. The van der Waals surface area contributed by atoms with E-state index in [0.717, 1.165) is 54.3 Å². The van der Waals surface area contributed by atoms with E-state index in [1.165, 1.54) is 0 Å². The highest BCUT2D eigenvalue weighted by molar-refractivity contribution is 14.1. The summed E-state index contributed by atoms with van der Waals surface area (Å²) in [7, 11) is 0. The third kappa shape index (κ3) is 5.00. The fourth-order valence-corrected chi connectivity index (χ4v) is 5.01. The summed E-state index contributed by atoms with van der Waals surface area (Å²) >= 11 is 8.52. The number of hydrogen-bond acceptors (Lipinski definition) is 6. The van der Waals surface area contributed by atoms with Gasteiger partial charge in [0, 0.05) is 48.1 Å². The van der Waals surface area contributed by atoms with E-state index >= 15 is 0 Å². The Bertz CT molecular complexity index is 1290. The van der Waals surface area contributed by atoms with E-state index in [9.17, 15) is 5.11 Å². The molecule has 0 spiro atoms. The van der Waals surface area contributed by atoms with Crippen LogP contribution in [0.5, 0.6) is 0 Å². The van der Waals surface area contributed by atoms with E-state index in [2.05, 4.69) is 54.8 Å². The molecule has 0 saturated carbocycles. The second-order valence-electron chi connectivity index (χ2n) is 8.46. The molecule has 2 aromatic carbocycles. The van der Waals surface area contributed by atoms with Crippen LogP contribution in [0.3, 0.4) is 0 Å². The third-order valence-electron chi connectivity index (χ3n) is 6.05. The lowest BCUT2D eigenvalue weighted by molar-refractivity contribution is 0.112. The van der Waals surface area contributed by atoms with Crippen molar-refractivity contribution in [3.05, 3.63) is 71.9 Å². The van der Waals surface area contributed by atoms with Crippen molar-refractivity contribution in [1.29, 1.82) is 0 Å². The Morgan fingerprint density at radius 1 is 1.03 bits per heavy atom. The van der Waals surface area contributed by atoms with Gasteiger partial charge < -0.3 is 15.3 Å². The van der Waals surface area contributed by atoms with E-state index in [-0.39, 0.29) is 10.2 Å². The van der Waals surface area contributed by atoms with Gasteiger partial charge in [0.2, 0.25) is 5.95 Å². The number of aliphatic hydroxyl groups is 1. The molecule has 1 saturated heterocycles. The summed E-state index contributed by atoms with van der Waals surface area (Å²) in [4.78, 5) is 9.21. The van der Waals surface area contributed by atoms with Gasteiger partial charge in [-0.15, -0.1) is 5.10 Å². The first-order chi connectivity index (χ1) is 16.5. The molecular weight excluding hydrogens is 563 g/mol. The Morgan fingerprint density at radius 2 is 1.82 bits per heavy atom. The van der Waals surface area contributed by atoms with E-state index in [1.54, 1.807) is 0 Å². The largest absolute Gasteiger partial charge is 0.391 e. The third-order valence-corrected chi connectivity index (χ3v) is 8.11. The maximum atomic E-state index is 9.89. The summed E-state index contributed by atoms with van der Waals surface area (Å²) in [5.74, 6) is 0.527. The molecule has 9 heteroatoms. The fraction of sp³-hybridized carbons (Fsp3) is 0.280. The van der Waals surface area contributed by atoms with Gasteiger partial charge >= 0.3 is 0 Å². The number of halogens is 2. The number of rotatable bonds is 6. The van der Waals surface area contributed by atoms with Crippen LogP contribution in [0.4, 0.5) is 17.3 Å². The molecule has 7 nitrogen and oxygen atoms in total. The lowest BCUT2D eigenvalue weighted by Gasteiger charge is -2.39. The minimum Gasteiger partial charge on any atom is -0.391 e. The van der Waals surface area contributed by atoms with E-state index in [0.29, 0.717) is 11.0 Å². The molecule has 0 radical (unpaired) electrons. The Labute approximate surface area is 217 Å². The molecule has 1 fully saturated rings. The molecule has 34 heavy (non-hydrogen) atoms. The first-order valence-corrected chi connectivity index (χ1v) is 12.9. The molecule has 5 rings (SSSR count). The average Bonchev–Trinajstić information content (AvgIpc) is 3.27. The summed E-state index contributed by atoms with van der Waals surface area (Å²) in [6, 6.07) is 20.1. The molecule has 3 heterocycles. The molecule has 0 bridgehead atoms. The number of nitrogens with zero attached hydrogens (tertiary/aromatic N) is 5. The molecule has 1 aliphatic heterocycles. The van der Waals surface area contributed by atoms with Crippen molar-refractivity contribution in [3.8, 4) is 11.3 Å². The van der Waals surface area contributed by atoms with E-state index in [1.807, 2.05) is 66.2 Å². The SMILES string of the molecule is CC(O)[C@@H](I)N1CCN(c2cccc(Nc3ncc4ccc(-c5cccc(Cl)c5)n4n3)c2)CC1. The zero-order valence-electron chi connectivity index (χ0n) is 18.8. The Balaban J connectivity index is 1.33. The van der Waals surface area contributed by atoms with Crippen molar-refractivity contribution in [3.63, 3.8) is 0 Å². The van der Waals surface area contributed by atoms with Gasteiger partial charge in [-0.05, 0) is 49.4 Å². The quantitative estimate of drug-likeness (QED) is 0.187. The van der Waals surface area contributed by atoms with E-state index < -0.39 is 0 Å². The van der Waals surface area contributed by atoms with Gasteiger partial charge in [-0.2, -0.15) is 0 Å². The smallest absolute Gasteiger partial charge is 0.245 e. The zero-order valence-corrected chi connectivity index (χ0v) is 21.7. The molecular formula is C25H26ClIN6O. The Morgan fingerprint density at radius 3 is 2.59 bits per heavy atom. The molecule has 1 aliphatic rings. The molecule has 2 atom stereocenters. The number of nitrogens with one attached hydrogen (secondary N) is 1. The molecule has 2 N–H and O–H groups in total. The van der Waals surface area contributed by atoms with Gasteiger partial charge in [-0.3, -0.25) is 4.90 Å². The van der Waals surface area contributed by atoms with Gasteiger partial charge in [0.05, 0.1) is 27.6 Å². The van der Waals surface area contributed by atoms with Crippen LogP contribution in [-0.2, 0) is 0 Å². The maximum Gasteiger partial charge on any atom is 0.245 e. The van der Waals surface area contributed by atoms with Crippen LogP contribution in [0.2, 0.25) is 5.02 Å². The van der Waals surface area contributed by atoms with E-state index in [4.69, 9.17) is 16.7 Å². The number of hydrogen-bond donors (Lipinski definition) is 2. The number of fused-ring (bicyclic) bond motifs is 1. The second-order valence-corrected chi connectivity index (χ2v) is 10.2. The molecule has 1 unspecified atom stereocenters. The highest BCUT2D eigenvalue weighted by Crippen LogP contribution is 2.27. The Kier molecular flexibility index (Phi) is 6.91. The van der Waals surface area contributed by atoms with Crippen LogP contribution < -0.4 is 10.2 Å². The topological polar surface area (TPSA) is 68.9 Å². The standard InChI is InChI=1S/C25H26ClIN6O/c1-17(34)24(27)32-12-10-31(11-13-32)21-7-3-6-20(15-21)29-25-28-16-22-8-9-23(33(22)30-25)18-4-2-5-19(26)14-18/h2-9,14-17,24,34H,10-13H2,1H3,(H,29,30)/t17?,24-/m0/s1. The van der Waals surface area contributed by atoms with Crippen LogP contribution >= 0.6 is 34.2 Å². The number of benzene rings is 2. The minimum absolute atomic E-state index is 0.144. The fourth-order valence-electron chi connectivity index (χ4n) is 4.27. The first kappa shape index (κ1) is 23.3. The molecule has 4 aromatic rings. The van der Waals surface area contributed by atoms with Crippen molar-refractivity contribution in [2.24, 2.45) is 0 Å². The highest BCUT2D eigenvalue weighted by atomic mass is 127. The number of piperazine rings is 1. The van der Waals surface area contributed by atoms with Crippen LogP contribution in [-0.4, -0.2) is 60.9 Å². The number of aliphatic hydroxyl groups excluding tert-OH is 1. The summed E-state index contributed by atoms with van der Waals surface area (Å²) in [5, 5.41) is 18.7. The Hall–Kier alpha value is -2.40. The van der Waals surface area contributed by atoms with Crippen molar-refractivity contribution in [2.75, 3.05) is 36.4 Å². The lowest BCUT2D eigenvalue weighted by Crippen LogP contribution is -2.51. The highest BCUT2D eigenvalue weighted by Gasteiger charge is 2.25. The molecule has 0 amide bonds. The van der Waals surface area contributed by atoms with Crippen LogP contribution in [0.15, 0.2) is 66.9 Å². The zero-order chi connectivity index (χ0) is 23.7. The van der Waals surface area contributed by atoms with Crippen LogP contribution in [0.1, 0.15) is 6.92 Å². The first-order valence-electron chi connectivity index (χ1n) is 11.3. The summed E-state index contributed by atoms with van der Waals surface area (Å²) < 4.78 is 2.03. The van der Waals surface area contributed by atoms with Gasteiger partial charge in [0.1, 0.15) is 0 Å². The average molecular weight is 589 g/mol. The van der Waals surface area contributed by atoms with Crippen molar-refractivity contribution >= 4 is 57.0 Å². The lowest BCUT2D eigenvalue weighted by atomic mass is 10.2. The number of anilines is 3. The number of aromatic nitrogens is 3.